The zero-order valence-electron chi connectivity index (χ0n) is 10.7. The molecule has 2 heteroatoms. The Hall–Kier alpha value is -1.02. The molecular weight excluding hydrogens is 196 g/mol. The van der Waals surface area contributed by atoms with Crippen molar-refractivity contribution in [3.8, 4) is 0 Å². The summed E-state index contributed by atoms with van der Waals surface area (Å²) in [6.45, 7) is 8.55. The Morgan fingerprint density at radius 3 is 2.38 bits per heavy atom. The summed E-state index contributed by atoms with van der Waals surface area (Å²) in [4.78, 5) is 2.40. The monoisotopic (exact) mass is 220 g/mol. The highest BCUT2D eigenvalue weighted by Gasteiger charge is 2.04. The van der Waals surface area contributed by atoms with E-state index in [9.17, 15) is 0 Å². The normalized spacial score (nSPS) is 12.5. The van der Waals surface area contributed by atoms with E-state index >= 15 is 0 Å². The Labute approximate surface area is 99.5 Å². The number of rotatable bonds is 6. The molecule has 1 aromatic rings. The molecule has 1 aromatic carbocycles. The Morgan fingerprint density at radius 1 is 1.25 bits per heavy atom. The first-order chi connectivity index (χ1) is 7.63. The third-order valence-corrected chi connectivity index (χ3v) is 2.87. The fourth-order valence-electron chi connectivity index (χ4n) is 1.83. The van der Waals surface area contributed by atoms with Crippen molar-refractivity contribution in [3.05, 3.63) is 29.8 Å². The first-order valence-electron chi connectivity index (χ1n) is 6.20. The number of nitrogens with zero attached hydrogens (tertiary/aromatic N) is 1. The van der Waals surface area contributed by atoms with Gasteiger partial charge in [0.15, 0.2) is 0 Å². The molecule has 2 N–H and O–H groups in total. The van der Waals surface area contributed by atoms with Crippen LogP contribution in [0.1, 0.15) is 32.3 Å². The van der Waals surface area contributed by atoms with Crippen molar-refractivity contribution in [2.45, 2.75) is 39.7 Å². The van der Waals surface area contributed by atoms with E-state index in [1.807, 2.05) is 0 Å². The summed E-state index contributed by atoms with van der Waals surface area (Å²) in [5.74, 6) is 0. The highest BCUT2D eigenvalue weighted by Crippen LogP contribution is 2.15. The number of aryl methyl sites for hydroxylation is 1. The molecule has 0 bridgehead atoms. The maximum absolute atomic E-state index is 5.76. The van der Waals surface area contributed by atoms with Gasteiger partial charge in [-0.25, -0.2) is 0 Å². The van der Waals surface area contributed by atoms with E-state index in [0.717, 1.165) is 19.5 Å². The van der Waals surface area contributed by atoms with Gasteiger partial charge in [-0.2, -0.15) is 0 Å². The van der Waals surface area contributed by atoms with E-state index in [1.54, 1.807) is 0 Å². The van der Waals surface area contributed by atoms with Gasteiger partial charge in [-0.3, -0.25) is 0 Å². The van der Waals surface area contributed by atoms with Gasteiger partial charge >= 0.3 is 0 Å². The molecule has 0 heterocycles. The number of hydrogen-bond acceptors (Lipinski definition) is 2. The molecule has 0 fully saturated rings. The molecule has 1 rings (SSSR count). The second-order valence-corrected chi connectivity index (χ2v) is 4.53. The molecule has 0 radical (unpaired) electrons. The predicted octanol–water partition coefficient (Wildman–Crippen LogP) is 2.95. The van der Waals surface area contributed by atoms with Gasteiger partial charge in [0.25, 0.3) is 0 Å². The number of nitrogens with two attached hydrogens (primary N) is 1. The molecule has 0 aliphatic carbocycles. The zero-order chi connectivity index (χ0) is 12.0. The fraction of sp³-hybridized carbons (Fsp3) is 0.571. The average Bonchev–Trinajstić information content (AvgIpc) is 2.26. The van der Waals surface area contributed by atoms with Gasteiger partial charge in [-0.05, 0) is 45.7 Å². The fourth-order valence-corrected chi connectivity index (χ4v) is 1.83. The summed E-state index contributed by atoms with van der Waals surface area (Å²) >= 11 is 0. The lowest BCUT2D eigenvalue weighted by atomic mass is 10.1. The van der Waals surface area contributed by atoms with Crippen LogP contribution in [0.2, 0.25) is 0 Å². The van der Waals surface area contributed by atoms with E-state index in [0.29, 0.717) is 6.04 Å². The van der Waals surface area contributed by atoms with Crippen LogP contribution in [-0.2, 0) is 0 Å². The summed E-state index contributed by atoms with van der Waals surface area (Å²) in [7, 11) is 0. The molecule has 0 aliphatic heterocycles. The van der Waals surface area contributed by atoms with E-state index in [2.05, 4.69) is 49.9 Å². The molecule has 0 saturated heterocycles. The molecular formula is C14H24N2. The van der Waals surface area contributed by atoms with E-state index < -0.39 is 0 Å². The topological polar surface area (TPSA) is 29.3 Å². The van der Waals surface area contributed by atoms with E-state index in [1.165, 1.54) is 17.7 Å². The number of benzene rings is 1. The van der Waals surface area contributed by atoms with Gasteiger partial charge in [0.05, 0.1) is 0 Å². The van der Waals surface area contributed by atoms with Crippen LogP contribution < -0.4 is 10.6 Å². The quantitative estimate of drug-likeness (QED) is 0.798. The van der Waals surface area contributed by atoms with E-state index in [-0.39, 0.29) is 0 Å². The Kier molecular flexibility index (Phi) is 5.33. The van der Waals surface area contributed by atoms with Gasteiger partial charge < -0.3 is 10.6 Å². The minimum Gasteiger partial charge on any atom is -0.372 e. The highest BCUT2D eigenvalue weighted by atomic mass is 15.1. The van der Waals surface area contributed by atoms with E-state index in [4.69, 9.17) is 5.73 Å². The maximum Gasteiger partial charge on any atom is 0.0366 e. The van der Waals surface area contributed by atoms with Gasteiger partial charge in [0, 0.05) is 24.8 Å². The van der Waals surface area contributed by atoms with Gasteiger partial charge in [-0.1, -0.05) is 17.7 Å². The minimum atomic E-state index is 0.316. The number of hydrogen-bond donors (Lipinski definition) is 1. The van der Waals surface area contributed by atoms with Crippen LogP contribution in [0.3, 0.4) is 0 Å². The largest absolute Gasteiger partial charge is 0.372 e. The van der Waals surface area contributed by atoms with Crippen LogP contribution in [0, 0.1) is 6.92 Å². The van der Waals surface area contributed by atoms with Crippen LogP contribution in [0.25, 0.3) is 0 Å². The Morgan fingerprint density at radius 2 is 1.88 bits per heavy atom. The minimum absolute atomic E-state index is 0.316. The zero-order valence-corrected chi connectivity index (χ0v) is 10.7. The lowest BCUT2D eigenvalue weighted by Gasteiger charge is -2.23. The molecule has 1 atom stereocenters. The predicted molar refractivity (Wildman–Crippen MR) is 71.9 cm³/mol. The molecule has 16 heavy (non-hydrogen) atoms. The number of anilines is 1. The average molecular weight is 220 g/mol. The van der Waals surface area contributed by atoms with Crippen molar-refractivity contribution in [1.82, 2.24) is 0 Å². The summed E-state index contributed by atoms with van der Waals surface area (Å²) in [5.41, 5.74) is 8.39. The second kappa shape index (κ2) is 6.54. The SMILES string of the molecule is CCN(CCCC(C)N)c1ccc(C)cc1. The van der Waals surface area contributed by atoms with Crippen LogP contribution in [-0.4, -0.2) is 19.1 Å². The van der Waals surface area contributed by atoms with Crippen molar-refractivity contribution in [2.75, 3.05) is 18.0 Å². The van der Waals surface area contributed by atoms with Gasteiger partial charge in [0.2, 0.25) is 0 Å². The molecule has 0 amide bonds. The van der Waals surface area contributed by atoms with Crippen molar-refractivity contribution in [1.29, 1.82) is 0 Å². The Bertz CT molecular complexity index is 290. The van der Waals surface area contributed by atoms with Crippen LogP contribution in [0.4, 0.5) is 5.69 Å². The summed E-state index contributed by atoms with van der Waals surface area (Å²) in [6, 6.07) is 9.06. The molecule has 0 spiro atoms. The van der Waals surface area contributed by atoms with Crippen LogP contribution in [0.5, 0.6) is 0 Å². The third kappa shape index (κ3) is 4.23. The molecule has 2 nitrogen and oxygen atoms in total. The second-order valence-electron chi connectivity index (χ2n) is 4.53. The van der Waals surface area contributed by atoms with Crippen molar-refractivity contribution in [3.63, 3.8) is 0 Å². The molecule has 90 valence electrons. The molecule has 0 saturated carbocycles. The maximum atomic E-state index is 5.76. The molecule has 0 aliphatic rings. The van der Waals surface area contributed by atoms with Crippen molar-refractivity contribution < 1.29 is 0 Å². The van der Waals surface area contributed by atoms with Crippen LogP contribution >= 0.6 is 0 Å². The Balaban J connectivity index is 2.50. The molecule has 0 aromatic heterocycles. The molecule has 1 unspecified atom stereocenters. The smallest absolute Gasteiger partial charge is 0.0366 e. The van der Waals surface area contributed by atoms with Gasteiger partial charge in [-0.15, -0.1) is 0 Å². The lowest BCUT2D eigenvalue weighted by molar-refractivity contribution is 0.613. The summed E-state index contributed by atoms with van der Waals surface area (Å²) in [6.07, 6.45) is 2.27. The first-order valence-corrected chi connectivity index (χ1v) is 6.20. The standard InChI is InChI=1S/C14H24N2/c1-4-16(11-5-6-13(3)15)14-9-7-12(2)8-10-14/h7-10,13H,4-6,11,15H2,1-3H3. The van der Waals surface area contributed by atoms with Crippen molar-refractivity contribution >= 4 is 5.69 Å². The van der Waals surface area contributed by atoms with Crippen LogP contribution in [0.15, 0.2) is 24.3 Å². The third-order valence-electron chi connectivity index (χ3n) is 2.87. The van der Waals surface area contributed by atoms with Gasteiger partial charge in [0.1, 0.15) is 0 Å². The summed E-state index contributed by atoms with van der Waals surface area (Å²) in [5, 5.41) is 0. The van der Waals surface area contributed by atoms with Crippen molar-refractivity contribution in [2.24, 2.45) is 5.73 Å². The highest BCUT2D eigenvalue weighted by molar-refractivity contribution is 5.47. The summed E-state index contributed by atoms with van der Waals surface area (Å²) < 4.78 is 0. The lowest BCUT2D eigenvalue weighted by Crippen LogP contribution is -2.25. The first kappa shape index (κ1) is 13.0.